The minimum absolute atomic E-state index is 0.163. The molecule has 1 atom stereocenters. The van der Waals surface area contributed by atoms with Crippen LogP contribution in [0.4, 0.5) is 0 Å². The summed E-state index contributed by atoms with van der Waals surface area (Å²) >= 11 is 0. The van der Waals surface area contributed by atoms with Crippen molar-refractivity contribution in [3.8, 4) is 5.75 Å². The fraction of sp³-hybridized carbons (Fsp3) is 0.529. The van der Waals surface area contributed by atoms with E-state index >= 15 is 0 Å². The van der Waals surface area contributed by atoms with Crippen LogP contribution in [0.1, 0.15) is 46.1 Å². The summed E-state index contributed by atoms with van der Waals surface area (Å²) in [6, 6.07) is 8.17. The van der Waals surface area contributed by atoms with Crippen molar-refractivity contribution in [1.29, 1.82) is 0 Å². The van der Waals surface area contributed by atoms with Crippen LogP contribution in [-0.2, 0) is 0 Å². The lowest BCUT2D eigenvalue weighted by Gasteiger charge is -2.32. The molecule has 1 N–H and O–H groups in total. The third kappa shape index (κ3) is 3.84. The van der Waals surface area contributed by atoms with Gasteiger partial charge in [-0.1, -0.05) is 32.1 Å². The topological polar surface area (TPSA) is 29.5 Å². The molecule has 0 aliphatic heterocycles. The summed E-state index contributed by atoms with van der Waals surface area (Å²) in [4.78, 5) is 0. The fourth-order valence-electron chi connectivity index (χ4n) is 2.72. The predicted molar refractivity (Wildman–Crippen MR) is 79.2 cm³/mol. The van der Waals surface area contributed by atoms with E-state index in [-0.39, 0.29) is 17.6 Å². The Labute approximate surface area is 116 Å². The number of rotatable bonds is 3. The van der Waals surface area contributed by atoms with Crippen molar-refractivity contribution in [1.82, 2.24) is 0 Å². The number of aliphatic hydroxyl groups is 1. The van der Waals surface area contributed by atoms with Crippen LogP contribution in [0, 0.1) is 5.41 Å². The Bertz CT molecular complexity index is 455. The van der Waals surface area contributed by atoms with Crippen molar-refractivity contribution in [2.75, 3.05) is 0 Å². The summed E-state index contributed by atoms with van der Waals surface area (Å²) < 4.78 is 5.65. The zero-order chi connectivity index (χ0) is 14.0. The molecule has 0 bridgehead atoms. The zero-order valence-corrected chi connectivity index (χ0v) is 12.3. The van der Waals surface area contributed by atoms with E-state index < -0.39 is 0 Å². The molecule has 19 heavy (non-hydrogen) atoms. The maximum Gasteiger partial charge on any atom is 0.119 e. The molecule has 0 radical (unpaired) electrons. The molecule has 0 saturated heterocycles. The van der Waals surface area contributed by atoms with Crippen LogP contribution in [0.2, 0.25) is 0 Å². The molecule has 0 spiro atoms. The highest BCUT2D eigenvalue weighted by Gasteiger charge is 2.28. The Morgan fingerprint density at radius 1 is 1.21 bits per heavy atom. The highest BCUT2D eigenvalue weighted by Crippen LogP contribution is 2.39. The smallest absolute Gasteiger partial charge is 0.119 e. The standard InChI is InChI=1S/C17H24O2/c1-12(2)19-16-7-5-13(6-8-16)14-9-15(18)11-17(3,4)10-14/h5-9,12,15,18H,10-11H2,1-4H3. The minimum atomic E-state index is -0.328. The minimum Gasteiger partial charge on any atom is -0.491 e. The van der Waals surface area contributed by atoms with Crippen LogP contribution in [0.5, 0.6) is 5.75 Å². The molecule has 0 saturated carbocycles. The van der Waals surface area contributed by atoms with Gasteiger partial charge in [-0.15, -0.1) is 0 Å². The molecular formula is C17H24O2. The second kappa shape index (κ2) is 5.38. The van der Waals surface area contributed by atoms with Gasteiger partial charge in [-0.3, -0.25) is 0 Å². The lowest BCUT2D eigenvalue weighted by molar-refractivity contribution is 0.146. The second-order valence-electron chi connectivity index (χ2n) is 6.50. The van der Waals surface area contributed by atoms with Crippen molar-refractivity contribution in [2.45, 2.75) is 52.7 Å². The third-order valence-electron chi connectivity index (χ3n) is 3.42. The normalized spacial score (nSPS) is 22.2. The molecule has 2 heteroatoms. The Hall–Kier alpha value is -1.28. The highest BCUT2D eigenvalue weighted by molar-refractivity contribution is 5.68. The van der Waals surface area contributed by atoms with Gasteiger partial charge in [0, 0.05) is 0 Å². The molecule has 1 aliphatic carbocycles. The van der Waals surface area contributed by atoms with E-state index in [0.29, 0.717) is 0 Å². The maximum atomic E-state index is 9.95. The molecule has 104 valence electrons. The molecule has 2 rings (SSSR count). The number of ether oxygens (including phenoxy) is 1. The summed E-state index contributed by atoms with van der Waals surface area (Å²) in [5.74, 6) is 0.898. The van der Waals surface area contributed by atoms with E-state index in [1.165, 1.54) is 11.1 Å². The number of hydrogen-bond acceptors (Lipinski definition) is 2. The second-order valence-corrected chi connectivity index (χ2v) is 6.50. The van der Waals surface area contributed by atoms with Crippen LogP contribution >= 0.6 is 0 Å². The number of benzene rings is 1. The zero-order valence-electron chi connectivity index (χ0n) is 12.3. The van der Waals surface area contributed by atoms with E-state index in [9.17, 15) is 5.11 Å². The lowest BCUT2D eigenvalue weighted by atomic mass is 9.74. The van der Waals surface area contributed by atoms with Gasteiger partial charge < -0.3 is 9.84 Å². The van der Waals surface area contributed by atoms with Gasteiger partial charge in [-0.2, -0.15) is 0 Å². The van der Waals surface area contributed by atoms with Crippen molar-refractivity contribution in [2.24, 2.45) is 5.41 Å². The summed E-state index contributed by atoms with van der Waals surface area (Å²) in [6.07, 6.45) is 3.70. The van der Waals surface area contributed by atoms with Gasteiger partial charge in [0.2, 0.25) is 0 Å². The average Bonchev–Trinajstić information content (AvgIpc) is 2.26. The van der Waals surface area contributed by atoms with E-state index in [1.54, 1.807) is 0 Å². The number of allylic oxidation sites excluding steroid dienone is 1. The Morgan fingerprint density at radius 2 is 1.84 bits per heavy atom. The number of aliphatic hydroxyl groups excluding tert-OH is 1. The molecular weight excluding hydrogens is 236 g/mol. The van der Waals surface area contributed by atoms with Crippen LogP contribution in [0.15, 0.2) is 30.3 Å². The van der Waals surface area contributed by atoms with Crippen LogP contribution < -0.4 is 4.74 Å². The van der Waals surface area contributed by atoms with Crippen LogP contribution in [-0.4, -0.2) is 17.3 Å². The van der Waals surface area contributed by atoms with Crippen molar-refractivity contribution in [3.05, 3.63) is 35.9 Å². The number of hydrogen-bond donors (Lipinski definition) is 1. The first kappa shape index (κ1) is 14.1. The lowest BCUT2D eigenvalue weighted by Crippen LogP contribution is -2.24. The predicted octanol–water partition coefficient (Wildman–Crippen LogP) is 4.04. The van der Waals surface area contributed by atoms with Crippen molar-refractivity contribution >= 4 is 5.57 Å². The average molecular weight is 260 g/mol. The maximum absolute atomic E-state index is 9.95. The molecule has 1 aromatic rings. The summed E-state index contributed by atoms with van der Waals surface area (Å²) in [7, 11) is 0. The summed E-state index contributed by atoms with van der Waals surface area (Å²) in [5, 5.41) is 9.95. The molecule has 0 amide bonds. The van der Waals surface area contributed by atoms with Gasteiger partial charge >= 0.3 is 0 Å². The van der Waals surface area contributed by atoms with E-state index in [4.69, 9.17) is 4.74 Å². The first-order chi connectivity index (χ1) is 8.85. The summed E-state index contributed by atoms with van der Waals surface area (Å²) in [5.41, 5.74) is 2.58. The molecule has 0 fully saturated rings. The molecule has 1 unspecified atom stereocenters. The Kier molecular flexibility index (Phi) is 4.00. The highest BCUT2D eigenvalue weighted by atomic mass is 16.5. The van der Waals surface area contributed by atoms with Gasteiger partial charge in [-0.05, 0) is 55.4 Å². The largest absolute Gasteiger partial charge is 0.491 e. The monoisotopic (exact) mass is 260 g/mol. The Balaban J connectivity index is 2.18. The van der Waals surface area contributed by atoms with Gasteiger partial charge in [0.1, 0.15) is 5.75 Å². The molecule has 0 heterocycles. The van der Waals surface area contributed by atoms with E-state index in [2.05, 4.69) is 26.0 Å². The fourth-order valence-corrected chi connectivity index (χ4v) is 2.72. The third-order valence-corrected chi connectivity index (χ3v) is 3.42. The first-order valence-corrected chi connectivity index (χ1v) is 7.02. The SMILES string of the molecule is CC(C)Oc1ccc(C2=CC(O)CC(C)(C)C2)cc1. The van der Waals surface area contributed by atoms with Crippen LogP contribution in [0.3, 0.4) is 0 Å². The Morgan fingerprint density at radius 3 is 2.37 bits per heavy atom. The van der Waals surface area contributed by atoms with E-state index in [0.717, 1.165) is 18.6 Å². The van der Waals surface area contributed by atoms with Crippen LogP contribution in [0.25, 0.3) is 5.57 Å². The quantitative estimate of drug-likeness (QED) is 0.888. The van der Waals surface area contributed by atoms with Gasteiger partial charge in [-0.25, -0.2) is 0 Å². The van der Waals surface area contributed by atoms with Gasteiger partial charge in [0.15, 0.2) is 0 Å². The molecule has 0 aromatic heterocycles. The molecule has 2 nitrogen and oxygen atoms in total. The summed E-state index contributed by atoms with van der Waals surface area (Å²) in [6.45, 7) is 8.46. The molecule has 1 aromatic carbocycles. The first-order valence-electron chi connectivity index (χ1n) is 7.02. The molecule has 1 aliphatic rings. The van der Waals surface area contributed by atoms with Crippen molar-refractivity contribution < 1.29 is 9.84 Å². The van der Waals surface area contributed by atoms with Gasteiger partial charge in [0.25, 0.3) is 0 Å². The van der Waals surface area contributed by atoms with E-state index in [1.807, 2.05) is 32.1 Å². The van der Waals surface area contributed by atoms with Crippen molar-refractivity contribution in [3.63, 3.8) is 0 Å². The van der Waals surface area contributed by atoms with Gasteiger partial charge in [0.05, 0.1) is 12.2 Å².